The summed E-state index contributed by atoms with van der Waals surface area (Å²) in [6, 6.07) is 14.6. The van der Waals surface area contributed by atoms with Crippen LogP contribution in [0.5, 0.6) is 0 Å². The molecule has 0 aliphatic heterocycles. The Labute approximate surface area is 141 Å². The van der Waals surface area contributed by atoms with Crippen LogP contribution < -0.4 is 5.32 Å². The second kappa shape index (κ2) is 6.13. The van der Waals surface area contributed by atoms with Gasteiger partial charge in [-0.3, -0.25) is 0 Å². The summed E-state index contributed by atoms with van der Waals surface area (Å²) in [6.45, 7) is 3.80. The van der Waals surface area contributed by atoms with E-state index in [9.17, 15) is 8.42 Å². The molecule has 3 rings (SSSR count). The van der Waals surface area contributed by atoms with Crippen LogP contribution >= 0.6 is 0 Å². The Hall–Kier alpha value is -2.60. The van der Waals surface area contributed by atoms with Gasteiger partial charge >= 0.3 is 0 Å². The molecule has 5 nitrogen and oxygen atoms in total. The zero-order valence-corrected chi connectivity index (χ0v) is 14.5. The van der Waals surface area contributed by atoms with E-state index in [1.54, 1.807) is 24.3 Å². The fourth-order valence-electron chi connectivity index (χ4n) is 2.60. The molecule has 0 unspecified atom stereocenters. The minimum atomic E-state index is -3.18. The lowest BCUT2D eigenvalue weighted by Gasteiger charge is -2.09. The van der Waals surface area contributed by atoms with Gasteiger partial charge in [-0.25, -0.2) is 8.42 Å². The largest absolute Gasteiger partial charge is 0.361 e. The van der Waals surface area contributed by atoms with Crippen LogP contribution in [0.2, 0.25) is 0 Å². The number of aromatic nitrogens is 1. The SMILES string of the molecule is Cc1noc(C)c1-c1cccc(Nc2ccc(S(C)(=O)=O)cc2)c1. The van der Waals surface area contributed by atoms with Crippen LogP contribution in [-0.4, -0.2) is 19.8 Å². The first-order valence-electron chi connectivity index (χ1n) is 7.45. The van der Waals surface area contributed by atoms with E-state index in [4.69, 9.17) is 4.52 Å². The van der Waals surface area contributed by atoms with Gasteiger partial charge in [-0.15, -0.1) is 0 Å². The fraction of sp³-hybridized carbons (Fsp3) is 0.167. The maximum Gasteiger partial charge on any atom is 0.175 e. The molecular weight excluding hydrogens is 324 g/mol. The Morgan fingerprint density at radius 2 is 1.71 bits per heavy atom. The molecule has 0 spiro atoms. The van der Waals surface area contributed by atoms with E-state index < -0.39 is 9.84 Å². The molecule has 0 aliphatic rings. The zero-order chi connectivity index (χ0) is 17.3. The number of hydrogen-bond acceptors (Lipinski definition) is 5. The normalized spacial score (nSPS) is 11.5. The molecule has 24 heavy (non-hydrogen) atoms. The molecular formula is C18H18N2O3S. The van der Waals surface area contributed by atoms with Crippen molar-refractivity contribution in [2.24, 2.45) is 0 Å². The summed E-state index contributed by atoms with van der Waals surface area (Å²) >= 11 is 0. The molecule has 0 amide bonds. The molecule has 1 aromatic heterocycles. The monoisotopic (exact) mass is 342 g/mol. The van der Waals surface area contributed by atoms with E-state index in [-0.39, 0.29) is 0 Å². The number of benzene rings is 2. The average molecular weight is 342 g/mol. The van der Waals surface area contributed by atoms with E-state index in [0.29, 0.717) is 4.90 Å². The highest BCUT2D eigenvalue weighted by Gasteiger charge is 2.12. The first kappa shape index (κ1) is 16.3. The van der Waals surface area contributed by atoms with Crippen molar-refractivity contribution in [2.45, 2.75) is 18.7 Å². The molecule has 0 fully saturated rings. The predicted molar refractivity (Wildman–Crippen MR) is 94.2 cm³/mol. The highest BCUT2D eigenvalue weighted by molar-refractivity contribution is 7.90. The van der Waals surface area contributed by atoms with E-state index in [0.717, 1.165) is 34.0 Å². The van der Waals surface area contributed by atoms with E-state index in [1.807, 2.05) is 38.1 Å². The summed E-state index contributed by atoms with van der Waals surface area (Å²) in [6.07, 6.45) is 1.20. The quantitative estimate of drug-likeness (QED) is 0.772. The molecule has 0 saturated heterocycles. The Bertz CT molecular complexity index is 954. The number of aryl methyl sites for hydroxylation is 2. The Morgan fingerprint density at radius 3 is 2.29 bits per heavy atom. The van der Waals surface area contributed by atoms with Gasteiger partial charge in [0.05, 0.1) is 10.6 Å². The summed E-state index contributed by atoms with van der Waals surface area (Å²) in [5, 5.41) is 7.26. The van der Waals surface area contributed by atoms with Crippen LogP contribution in [0.15, 0.2) is 57.9 Å². The minimum Gasteiger partial charge on any atom is -0.361 e. The lowest BCUT2D eigenvalue weighted by molar-refractivity contribution is 0.393. The third kappa shape index (κ3) is 3.33. The van der Waals surface area contributed by atoms with Gasteiger partial charge in [0.2, 0.25) is 0 Å². The highest BCUT2D eigenvalue weighted by atomic mass is 32.2. The van der Waals surface area contributed by atoms with Crippen LogP contribution in [-0.2, 0) is 9.84 Å². The van der Waals surface area contributed by atoms with Crippen LogP contribution in [0.3, 0.4) is 0 Å². The molecule has 1 N–H and O–H groups in total. The maximum absolute atomic E-state index is 11.5. The third-order valence-corrected chi connectivity index (χ3v) is 4.88. The molecule has 0 saturated carbocycles. The van der Waals surface area contributed by atoms with Crippen molar-refractivity contribution in [1.82, 2.24) is 5.16 Å². The molecule has 0 radical (unpaired) electrons. The van der Waals surface area contributed by atoms with Gasteiger partial charge in [-0.1, -0.05) is 17.3 Å². The van der Waals surface area contributed by atoms with E-state index >= 15 is 0 Å². The smallest absolute Gasteiger partial charge is 0.175 e. The van der Waals surface area contributed by atoms with Gasteiger partial charge in [0, 0.05) is 23.2 Å². The van der Waals surface area contributed by atoms with Crippen molar-refractivity contribution in [3.05, 3.63) is 60.0 Å². The topological polar surface area (TPSA) is 72.2 Å². The van der Waals surface area contributed by atoms with Crippen molar-refractivity contribution < 1.29 is 12.9 Å². The zero-order valence-electron chi connectivity index (χ0n) is 13.7. The fourth-order valence-corrected chi connectivity index (χ4v) is 3.23. The molecule has 1 heterocycles. The van der Waals surface area contributed by atoms with Crippen LogP contribution in [0.1, 0.15) is 11.5 Å². The van der Waals surface area contributed by atoms with Crippen molar-refractivity contribution >= 4 is 21.2 Å². The lowest BCUT2D eigenvalue weighted by atomic mass is 10.0. The molecule has 2 aromatic carbocycles. The molecule has 3 aromatic rings. The molecule has 124 valence electrons. The number of rotatable bonds is 4. The number of hydrogen-bond donors (Lipinski definition) is 1. The van der Waals surface area contributed by atoms with Crippen LogP contribution in [0.25, 0.3) is 11.1 Å². The van der Waals surface area contributed by atoms with Gasteiger partial charge in [0.15, 0.2) is 9.84 Å². The second-order valence-corrected chi connectivity index (χ2v) is 7.72. The van der Waals surface area contributed by atoms with E-state index in [2.05, 4.69) is 10.5 Å². The van der Waals surface area contributed by atoms with Gasteiger partial charge in [0.25, 0.3) is 0 Å². The second-order valence-electron chi connectivity index (χ2n) is 5.70. The first-order chi connectivity index (χ1) is 11.3. The number of nitrogens with one attached hydrogen (secondary N) is 1. The first-order valence-corrected chi connectivity index (χ1v) is 9.34. The summed E-state index contributed by atoms with van der Waals surface area (Å²) in [4.78, 5) is 0.303. The summed E-state index contributed by atoms with van der Waals surface area (Å²) < 4.78 is 28.2. The Balaban J connectivity index is 1.88. The molecule has 0 bridgehead atoms. The minimum absolute atomic E-state index is 0.303. The van der Waals surface area contributed by atoms with E-state index in [1.165, 1.54) is 6.26 Å². The summed E-state index contributed by atoms with van der Waals surface area (Å²) in [7, 11) is -3.18. The number of anilines is 2. The van der Waals surface area contributed by atoms with Crippen molar-refractivity contribution in [3.63, 3.8) is 0 Å². The average Bonchev–Trinajstić information content (AvgIpc) is 2.86. The van der Waals surface area contributed by atoms with Crippen LogP contribution in [0.4, 0.5) is 11.4 Å². The van der Waals surface area contributed by atoms with Gasteiger partial charge in [-0.2, -0.15) is 0 Å². The van der Waals surface area contributed by atoms with Crippen molar-refractivity contribution in [2.75, 3.05) is 11.6 Å². The predicted octanol–water partition coefficient (Wildman–Crippen LogP) is 4.11. The van der Waals surface area contributed by atoms with Gasteiger partial charge in [-0.05, 0) is 55.8 Å². The maximum atomic E-state index is 11.5. The Kier molecular flexibility index (Phi) is 4.15. The standard InChI is InChI=1S/C18H18N2O3S/c1-12-18(13(2)23-20-12)14-5-4-6-16(11-14)19-15-7-9-17(10-8-15)24(3,21)22/h4-11,19H,1-3H3. The number of nitrogens with zero attached hydrogens (tertiary/aromatic N) is 1. The van der Waals surface area contributed by atoms with Crippen LogP contribution in [0, 0.1) is 13.8 Å². The number of sulfone groups is 1. The third-order valence-electron chi connectivity index (χ3n) is 3.76. The van der Waals surface area contributed by atoms with Crippen molar-refractivity contribution in [3.8, 4) is 11.1 Å². The Morgan fingerprint density at radius 1 is 1.00 bits per heavy atom. The summed E-state index contributed by atoms with van der Waals surface area (Å²) in [5.74, 6) is 0.780. The molecule has 0 aliphatic carbocycles. The molecule has 0 atom stereocenters. The highest BCUT2D eigenvalue weighted by Crippen LogP contribution is 2.29. The van der Waals surface area contributed by atoms with Gasteiger partial charge in [0.1, 0.15) is 5.76 Å². The van der Waals surface area contributed by atoms with Gasteiger partial charge < -0.3 is 9.84 Å². The lowest BCUT2D eigenvalue weighted by Crippen LogP contribution is -1.97. The summed E-state index contributed by atoms with van der Waals surface area (Å²) in [5.41, 5.74) is 4.58. The molecule has 6 heteroatoms. The van der Waals surface area contributed by atoms with Crippen molar-refractivity contribution in [1.29, 1.82) is 0 Å².